The molecule has 8 aromatic rings. The van der Waals surface area contributed by atoms with Crippen molar-refractivity contribution in [3.05, 3.63) is 149 Å². The quantitative estimate of drug-likeness (QED) is 0.179. The molecule has 7 aromatic carbocycles. The molecule has 230 valence electrons. The standard InChI is InChI=1S/C46H31N3/c1-45(2)36-20-26(24-47)18-34-35-19-27(25-48)21-37-43(35)49(42(34)36)44-38(45)22-29(23-39(44)46(37,3)4)41-32-16-10-8-14-30(32)40(28-12-6-5-7-13-28)31-15-9-11-17-33(31)41/h5-23H,1-4H3. The molecule has 0 atom stereocenters. The van der Waals surface area contributed by atoms with E-state index in [1.807, 2.05) is 12.1 Å². The van der Waals surface area contributed by atoms with Crippen molar-refractivity contribution in [3.63, 3.8) is 0 Å². The van der Waals surface area contributed by atoms with Crippen LogP contribution in [-0.4, -0.2) is 4.57 Å². The molecule has 1 aromatic heterocycles. The third-order valence-electron chi connectivity index (χ3n) is 11.5. The summed E-state index contributed by atoms with van der Waals surface area (Å²) >= 11 is 0. The summed E-state index contributed by atoms with van der Waals surface area (Å²) < 4.78 is 2.46. The minimum absolute atomic E-state index is 0.392. The average molecular weight is 626 g/mol. The van der Waals surface area contributed by atoms with Crippen LogP contribution in [0, 0.1) is 22.7 Å². The molecule has 0 N–H and O–H groups in total. The summed E-state index contributed by atoms with van der Waals surface area (Å²) in [5, 5.41) is 27.4. The Labute approximate surface area is 284 Å². The Kier molecular flexibility index (Phi) is 5.27. The summed E-state index contributed by atoms with van der Waals surface area (Å²) in [5.74, 6) is 0. The normalized spacial score (nSPS) is 14.8. The van der Waals surface area contributed by atoms with Crippen molar-refractivity contribution in [1.29, 1.82) is 10.5 Å². The van der Waals surface area contributed by atoms with Gasteiger partial charge in [0.25, 0.3) is 0 Å². The first-order valence-corrected chi connectivity index (χ1v) is 16.9. The molecule has 0 saturated carbocycles. The second kappa shape index (κ2) is 9.25. The Morgan fingerprint density at radius 1 is 0.449 bits per heavy atom. The monoisotopic (exact) mass is 625 g/mol. The molecule has 0 unspecified atom stereocenters. The third-order valence-corrected chi connectivity index (χ3v) is 11.5. The molecule has 2 aliphatic heterocycles. The van der Waals surface area contributed by atoms with Gasteiger partial charge in [0, 0.05) is 21.6 Å². The molecule has 3 heteroatoms. The average Bonchev–Trinajstić information content (AvgIpc) is 3.45. The van der Waals surface area contributed by atoms with E-state index in [-0.39, 0.29) is 0 Å². The predicted molar refractivity (Wildman–Crippen MR) is 200 cm³/mol. The van der Waals surface area contributed by atoms with Gasteiger partial charge in [0.15, 0.2) is 0 Å². The van der Waals surface area contributed by atoms with Gasteiger partial charge < -0.3 is 4.57 Å². The van der Waals surface area contributed by atoms with Crippen LogP contribution >= 0.6 is 0 Å². The zero-order valence-corrected chi connectivity index (χ0v) is 27.8. The number of fused-ring (bicyclic) bond motifs is 3. The topological polar surface area (TPSA) is 52.5 Å². The molecule has 0 amide bonds. The number of benzene rings is 7. The van der Waals surface area contributed by atoms with Crippen molar-refractivity contribution in [2.75, 3.05) is 0 Å². The van der Waals surface area contributed by atoms with Crippen LogP contribution in [0.25, 0.3) is 71.3 Å². The minimum atomic E-state index is -0.392. The van der Waals surface area contributed by atoms with Crippen molar-refractivity contribution in [1.82, 2.24) is 4.57 Å². The highest BCUT2D eigenvalue weighted by atomic mass is 15.0. The van der Waals surface area contributed by atoms with Crippen LogP contribution in [-0.2, 0) is 10.8 Å². The highest BCUT2D eigenvalue weighted by molar-refractivity contribution is 6.22. The fourth-order valence-corrected chi connectivity index (χ4v) is 9.20. The molecule has 0 aliphatic carbocycles. The van der Waals surface area contributed by atoms with E-state index in [0.717, 1.165) is 32.9 Å². The fraction of sp³-hybridized carbons (Fsp3) is 0.130. The first kappa shape index (κ1) is 27.9. The smallest absolute Gasteiger partial charge is 0.0991 e. The van der Waals surface area contributed by atoms with E-state index < -0.39 is 10.8 Å². The molecule has 0 saturated heterocycles. The van der Waals surface area contributed by atoms with E-state index in [1.165, 1.54) is 60.6 Å². The lowest BCUT2D eigenvalue weighted by atomic mass is 9.67. The first-order chi connectivity index (χ1) is 23.7. The molecule has 0 radical (unpaired) electrons. The zero-order chi connectivity index (χ0) is 33.4. The van der Waals surface area contributed by atoms with Gasteiger partial charge in [-0.05, 0) is 102 Å². The van der Waals surface area contributed by atoms with Gasteiger partial charge in [-0.15, -0.1) is 0 Å². The van der Waals surface area contributed by atoms with Crippen LogP contribution in [0.3, 0.4) is 0 Å². The van der Waals surface area contributed by atoms with Gasteiger partial charge in [-0.25, -0.2) is 0 Å². The summed E-state index contributed by atoms with van der Waals surface area (Å²) in [6, 6.07) is 46.3. The van der Waals surface area contributed by atoms with E-state index in [2.05, 4.69) is 148 Å². The number of nitrogens with zero attached hydrogens (tertiary/aromatic N) is 3. The largest absolute Gasteiger partial charge is 0.308 e. The molecule has 3 heterocycles. The molecule has 0 fully saturated rings. The minimum Gasteiger partial charge on any atom is -0.308 e. The maximum absolute atomic E-state index is 10.2. The van der Waals surface area contributed by atoms with Crippen LogP contribution in [0.4, 0.5) is 0 Å². The van der Waals surface area contributed by atoms with Crippen molar-refractivity contribution in [2.24, 2.45) is 0 Å². The Morgan fingerprint density at radius 3 is 1.29 bits per heavy atom. The lowest BCUT2D eigenvalue weighted by molar-refractivity contribution is 0.594. The van der Waals surface area contributed by atoms with Crippen molar-refractivity contribution >= 4 is 43.4 Å². The maximum Gasteiger partial charge on any atom is 0.0991 e. The molecular weight excluding hydrogens is 595 g/mol. The van der Waals surface area contributed by atoms with E-state index in [1.54, 1.807) is 0 Å². The number of rotatable bonds is 2. The zero-order valence-electron chi connectivity index (χ0n) is 27.8. The molecule has 0 bridgehead atoms. The number of hydrogen-bond acceptors (Lipinski definition) is 2. The summed E-state index contributed by atoms with van der Waals surface area (Å²) in [5.41, 5.74) is 13.7. The molecule has 3 nitrogen and oxygen atoms in total. The Hall–Kier alpha value is -6.16. The first-order valence-electron chi connectivity index (χ1n) is 16.9. The highest BCUT2D eigenvalue weighted by Gasteiger charge is 2.44. The summed E-state index contributed by atoms with van der Waals surface area (Å²) in [6.45, 7) is 9.23. The van der Waals surface area contributed by atoms with E-state index in [0.29, 0.717) is 11.1 Å². The van der Waals surface area contributed by atoms with Gasteiger partial charge in [-0.3, -0.25) is 0 Å². The molecule has 10 rings (SSSR count). The lowest BCUT2D eigenvalue weighted by Gasteiger charge is -2.42. The lowest BCUT2D eigenvalue weighted by Crippen LogP contribution is -2.33. The Morgan fingerprint density at radius 2 is 0.857 bits per heavy atom. The van der Waals surface area contributed by atoms with E-state index in [4.69, 9.17) is 0 Å². The van der Waals surface area contributed by atoms with Gasteiger partial charge in [0.05, 0.1) is 40.0 Å². The second-order valence-electron chi connectivity index (χ2n) is 14.8. The number of nitriles is 2. The van der Waals surface area contributed by atoms with Gasteiger partial charge in [-0.2, -0.15) is 10.5 Å². The Bertz CT molecular complexity index is 2720. The number of aromatic nitrogens is 1. The second-order valence-corrected chi connectivity index (χ2v) is 14.8. The van der Waals surface area contributed by atoms with Crippen molar-refractivity contribution in [3.8, 4) is 40.1 Å². The molecular formula is C46H31N3. The fourth-order valence-electron chi connectivity index (χ4n) is 9.20. The van der Waals surface area contributed by atoms with Crippen LogP contribution in [0.2, 0.25) is 0 Å². The highest BCUT2D eigenvalue weighted by Crippen LogP contribution is 2.57. The van der Waals surface area contributed by atoms with Gasteiger partial charge in [0.2, 0.25) is 0 Å². The van der Waals surface area contributed by atoms with Crippen LogP contribution in [0.1, 0.15) is 61.1 Å². The van der Waals surface area contributed by atoms with Crippen molar-refractivity contribution in [2.45, 2.75) is 38.5 Å². The van der Waals surface area contributed by atoms with Crippen LogP contribution in [0.5, 0.6) is 0 Å². The maximum atomic E-state index is 10.2. The van der Waals surface area contributed by atoms with Crippen LogP contribution in [0.15, 0.2) is 115 Å². The number of hydrogen-bond donors (Lipinski definition) is 0. The Balaban J connectivity index is 1.40. The predicted octanol–water partition coefficient (Wildman–Crippen LogP) is 11.4. The van der Waals surface area contributed by atoms with Gasteiger partial charge in [-0.1, -0.05) is 107 Å². The van der Waals surface area contributed by atoms with Crippen LogP contribution < -0.4 is 0 Å². The van der Waals surface area contributed by atoms with E-state index in [9.17, 15) is 10.5 Å². The summed E-state index contributed by atoms with van der Waals surface area (Å²) in [7, 11) is 0. The third kappa shape index (κ3) is 3.40. The van der Waals surface area contributed by atoms with Gasteiger partial charge in [0.1, 0.15) is 0 Å². The van der Waals surface area contributed by atoms with E-state index >= 15 is 0 Å². The molecule has 0 spiro atoms. The van der Waals surface area contributed by atoms with Crippen molar-refractivity contribution < 1.29 is 0 Å². The SMILES string of the molecule is CC1(C)c2cc(-c3c4ccccc4c(-c4ccccc4)c4ccccc34)cc3c2-n2c4c1cc(C#N)cc4c1cc(C#N)cc(c12)C3(C)C. The summed E-state index contributed by atoms with van der Waals surface area (Å²) in [6.07, 6.45) is 0. The van der Waals surface area contributed by atoms with Gasteiger partial charge >= 0.3 is 0 Å². The molecule has 2 aliphatic rings. The molecule has 49 heavy (non-hydrogen) atoms. The summed E-state index contributed by atoms with van der Waals surface area (Å²) in [4.78, 5) is 0.